The standard InChI is InChI=1S/C9H20N4/c1-3-12-5-4-6-13(9(10)11)8(2)7-12/h8H,3-7H2,1-2H3,(H3,10,11). The molecule has 3 N–H and O–H groups in total. The summed E-state index contributed by atoms with van der Waals surface area (Å²) >= 11 is 0. The smallest absolute Gasteiger partial charge is 0.188 e. The van der Waals surface area contributed by atoms with Crippen LogP contribution < -0.4 is 5.73 Å². The predicted molar refractivity (Wildman–Crippen MR) is 54.8 cm³/mol. The van der Waals surface area contributed by atoms with Crippen molar-refractivity contribution < 1.29 is 0 Å². The number of guanidine groups is 1. The fourth-order valence-corrected chi connectivity index (χ4v) is 1.89. The Morgan fingerprint density at radius 2 is 2.23 bits per heavy atom. The average Bonchev–Trinajstić information content (AvgIpc) is 2.26. The molecule has 0 aromatic rings. The Balaban J connectivity index is 2.56. The minimum absolute atomic E-state index is 0.213. The lowest BCUT2D eigenvalue weighted by atomic mass is 10.3. The average molecular weight is 184 g/mol. The Kier molecular flexibility index (Phi) is 3.54. The van der Waals surface area contributed by atoms with Crippen LogP contribution in [0.4, 0.5) is 0 Å². The van der Waals surface area contributed by atoms with Crippen molar-refractivity contribution >= 4 is 5.96 Å². The first-order valence-electron chi connectivity index (χ1n) is 4.98. The molecular formula is C9H20N4. The van der Waals surface area contributed by atoms with E-state index in [9.17, 15) is 0 Å². The molecule has 1 aliphatic rings. The summed E-state index contributed by atoms with van der Waals surface area (Å²) in [6.45, 7) is 8.48. The van der Waals surface area contributed by atoms with Gasteiger partial charge in [-0.15, -0.1) is 0 Å². The van der Waals surface area contributed by atoms with Gasteiger partial charge in [0.15, 0.2) is 5.96 Å². The Morgan fingerprint density at radius 3 is 2.77 bits per heavy atom. The minimum Gasteiger partial charge on any atom is -0.370 e. The molecule has 0 aromatic heterocycles. The normalized spacial score (nSPS) is 25.7. The van der Waals surface area contributed by atoms with Gasteiger partial charge in [0.05, 0.1) is 0 Å². The first-order chi connectivity index (χ1) is 6.15. The molecule has 1 rings (SSSR count). The molecule has 0 amide bonds. The molecule has 1 fully saturated rings. The van der Waals surface area contributed by atoms with Crippen LogP contribution in [0.3, 0.4) is 0 Å². The van der Waals surface area contributed by atoms with Crippen molar-refractivity contribution in [3.05, 3.63) is 0 Å². The predicted octanol–water partition coefficient (Wildman–Crippen LogP) is 0.296. The monoisotopic (exact) mass is 184 g/mol. The van der Waals surface area contributed by atoms with Gasteiger partial charge in [-0.1, -0.05) is 6.92 Å². The Bertz CT molecular complexity index is 180. The van der Waals surface area contributed by atoms with Gasteiger partial charge in [-0.05, 0) is 26.4 Å². The number of nitrogens with zero attached hydrogens (tertiary/aromatic N) is 2. The van der Waals surface area contributed by atoms with Gasteiger partial charge < -0.3 is 15.5 Å². The molecule has 1 saturated heterocycles. The van der Waals surface area contributed by atoms with Crippen LogP contribution >= 0.6 is 0 Å². The molecule has 0 radical (unpaired) electrons. The van der Waals surface area contributed by atoms with Gasteiger partial charge in [0, 0.05) is 19.1 Å². The summed E-state index contributed by atoms with van der Waals surface area (Å²) in [4.78, 5) is 4.39. The summed E-state index contributed by atoms with van der Waals surface area (Å²) in [5.41, 5.74) is 5.50. The summed E-state index contributed by atoms with van der Waals surface area (Å²) in [6, 6.07) is 0.375. The van der Waals surface area contributed by atoms with Gasteiger partial charge in [0.2, 0.25) is 0 Å². The third-order valence-electron chi connectivity index (χ3n) is 2.68. The molecule has 1 atom stereocenters. The van der Waals surface area contributed by atoms with Crippen molar-refractivity contribution in [1.29, 1.82) is 5.41 Å². The van der Waals surface area contributed by atoms with Gasteiger partial charge in [-0.25, -0.2) is 0 Å². The van der Waals surface area contributed by atoms with E-state index in [0.717, 1.165) is 32.6 Å². The van der Waals surface area contributed by atoms with E-state index in [-0.39, 0.29) is 5.96 Å². The molecule has 0 aromatic carbocycles. The molecule has 1 unspecified atom stereocenters. The number of hydrogen-bond donors (Lipinski definition) is 2. The Hall–Kier alpha value is -0.770. The Labute approximate surface area is 80.2 Å². The topological polar surface area (TPSA) is 56.4 Å². The fraction of sp³-hybridized carbons (Fsp3) is 0.889. The van der Waals surface area contributed by atoms with E-state index >= 15 is 0 Å². The van der Waals surface area contributed by atoms with Gasteiger partial charge >= 0.3 is 0 Å². The van der Waals surface area contributed by atoms with Crippen LogP contribution in [0.25, 0.3) is 0 Å². The van der Waals surface area contributed by atoms with Crippen molar-refractivity contribution in [2.45, 2.75) is 26.3 Å². The van der Waals surface area contributed by atoms with Crippen LogP contribution in [0, 0.1) is 5.41 Å². The maximum Gasteiger partial charge on any atom is 0.188 e. The minimum atomic E-state index is 0.213. The number of nitrogens with two attached hydrogens (primary N) is 1. The highest BCUT2D eigenvalue weighted by Crippen LogP contribution is 2.08. The number of nitrogens with one attached hydrogen (secondary N) is 1. The second kappa shape index (κ2) is 4.46. The second-order valence-corrected chi connectivity index (χ2v) is 3.67. The van der Waals surface area contributed by atoms with Gasteiger partial charge in [-0.3, -0.25) is 5.41 Å². The number of likely N-dealkylation sites (N-methyl/N-ethyl adjacent to an activating group) is 1. The van der Waals surface area contributed by atoms with Crippen molar-refractivity contribution in [2.24, 2.45) is 5.73 Å². The molecule has 76 valence electrons. The van der Waals surface area contributed by atoms with Gasteiger partial charge in [0.1, 0.15) is 0 Å². The maximum atomic E-state index is 7.42. The molecule has 0 saturated carbocycles. The highest BCUT2D eigenvalue weighted by molar-refractivity contribution is 5.74. The summed E-state index contributed by atoms with van der Waals surface area (Å²) in [7, 11) is 0. The van der Waals surface area contributed by atoms with Gasteiger partial charge in [0.25, 0.3) is 0 Å². The zero-order valence-corrected chi connectivity index (χ0v) is 8.58. The third kappa shape index (κ3) is 2.59. The molecule has 1 aliphatic heterocycles. The lowest BCUT2D eigenvalue weighted by molar-refractivity contribution is 0.256. The molecule has 13 heavy (non-hydrogen) atoms. The summed E-state index contributed by atoms with van der Waals surface area (Å²) in [5.74, 6) is 0.213. The van der Waals surface area contributed by atoms with E-state index < -0.39 is 0 Å². The van der Waals surface area contributed by atoms with Crippen LogP contribution in [0.5, 0.6) is 0 Å². The van der Waals surface area contributed by atoms with Crippen molar-refractivity contribution in [3.63, 3.8) is 0 Å². The second-order valence-electron chi connectivity index (χ2n) is 3.67. The zero-order valence-electron chi connectivity index (χ0n) is 8.58. The molecule has 0 spiro atoms. The van der Waals surface area contributed by atoms with E-state index in [1.54, 1.807) is 0 Å². The molecule has 1 heterocycles. The Morgan fingerprint density at radius 1 is 1.54 bits per heavy atom. The van der Waals surface area contributed by atoms with Crippen LogP contribution in [0.1, 0.15) is 20.3 Å². The molecule has 4 nitrogen and oxygen atoms in total. The van der Waals surface area contributed by atoms with Crippen LogP contribution in [-0.4, -0.2) is 48.0 Å². The highest BCUT2D eigenvalue weighted by atomic mass is 15.3. The quantitative estimate of drug-likeness (QED) is 0.455. The summed E-state index contributed by atoms with van der Waals surface area (Å²) < 4.78 is 0. The third-order valence-corrected chi connectivity index (χ3v) is 2.68. The summed E-state index contributed by atoms with van der Waals surface area (Å²) in [6.07, 6.45) is 1.11. The van der Waals surface area contributed by atoms with Crippen LogP contribution in [0.15, 0.2) is 0 Å². The van der Waals surface area contributed by atoms with E-state index in [0.29, 0.717) is 6.04 Å². The van der Waals surface area contributed by atoms with E-state index in [1.165, 1.54) is 0 Å². The first kappa shape index (κ1) is 10.3. The largest absolute Gasteiger partial charge is 0.370 e. The first-order valence-corrected chi connectivity index (χ1v) is 4.98. The molecular weight excluding hydrogens is 164 g/mol. The van der Waals surface area contributed by atoms with Crippen LogP contribution in [0.2, 0.25) is 0 Å². The molecule has 0 aliphatic carbocycles. The number of hydrogen-bond acceptors (Lipinski definition) is 2. The maximum absolute atomic E-state index is 7.42. The lowest BCUT2D eigenvalue weighted by Crippen LogP contribution is -2.45. The van der Waals surface area contributed by atoms with Gasteiger partial charge in [-0.2, -0.15) is 0 Å². The van der Waals surface area contributed by atoms with Crippen molar-refractivity contribution in [2.75, 3.05) is 26.2 Å². The molecule has 4 heteroatoms. The van der Waals surface area contributed by atoms with Crippen molar-refractivity contribution in [1.82, 2.24) is 9.80 Å². The lowest BCUT2D eigenvalue weighted by Gasteiger charge is -2.28. The van der Waals surface area contributed by atoms with Crippen molar-refractivity contribution in [3.8, 4) is 0 Å². The summed E-state index contributed by atoms with van der Waals surface area (Å²) in [5, 5.41) is 7.42. The number of rotatable bonds is 1. The fourth-order valence-electron chi connectivity index (χ4n) is 1.89. The highest BCUT2D eigenvalue weighted by Gasteiger charge is 2.20. The van der Waals surface area contributed by atoms with E-state index in [1.807, 2.05) is 4.90 Å². The molecule has 0 bridgehead atoms. The zero-order chi connectivity index (χ0) is 9.84. The van der Waals surface area contributed by atoms with E-state index in [4.69, 9.17) is 11.1 Å². The van der Waals surface area contributed by atoms with E-state index in [2.05, 4.69) is 18.7 Å². The van der Waals surface area contributed by atoms with Crippen LogP contribution in [-0.2, 0) is 0 Å². The SMILES string of the molecule is CCN1CCCN(C(=N)N)C(C)C1.